The van der Waals surface area contributed by atoms with Crippen molar-refractivity contribution in [3.63, 3.8) is 0 Å². The summed E-state index contributed by atoms with van der Waals surface area (Å²) in [4.78, 5) is -0.327. The van der Waals surface area contributed by atoms with Crippen molar-refractivity contribution in [2.24, 2.45) is 0 Å². The lowest BCUT2D eigenvalue weighted by Gasteiger charge is -2.13. The van der Waals surface area contributed by atoms with Crippen molar-refractivity contribution in [3.05, 3.63) is 72.3 Å². The van der Waals surface area contributed by atoms with Crippen LogP contribution in [-0.2, 0) is 20.0 Å². The van der Waals surface area contributed by atoms with Crippen molar-refractivity contribution < 1.29 is 16.8 Å². The predicted molar refractivity (Wildman–Crippen MR) is 115 cm³/mol. The molecule has 0 aliphatic carbocycles. The maximum absolute atomic E-state index is 12.8. The van der Waals surface area contributed by atoms with Gasteiger partial charge in [0, 0.05) is 22.7 Å². The molecule has 3 rings (SSSR count). The van der Waals surface area contributed by atoms with Gasteiger partial charge in [0.05, 0.1) is 9.79 Å². The Kier molecular flexibility index (Phi) is 5.40. The summed E-state index contributed by atoms with van der Waals surface area (Å²) >= 11 is 0. The van der Waals surface area contributed by atoms with Crippen LogP contribution in [0.1, 0.15) is 5.56 Å². The first-order chi connectivity index (χ1) is 13.6. The Balaban J connectivity index is 1.94. The van der Waals surface area contributed by atoms with Crippen molar-refractivity contribution in [1.29, 1.82) is 0 Å². The minimum absolute atomic E-state index is 0.144. The highest BCUT2D eigenvalue weighted by Gasteiger charge is 2.22. The van der Waals surface area contributed by atoms with E-state index in [2.05, 4.69) is 9.44 Å². The zero-order valence-corrected chi connectivity index (χ0v) is 17.1. The number of sulfonamides is 2. The van der Waals surface area contributed by atoms with E-state index in [9.17, 15) is 16.8 Å². The van der Waals surface area contributed by atoms with Crippen LogP contribution in [0, 0.1) is 6.92 Å². The zero-order chi connectivity index (χ0) is 21.2. The van der Waals surface area contributed by atoms with Gasteiger partial charge >= 0.3 is 0 Å². The second-order valence-electron chi connectivity index (χ2n) is 6.38. The van der Waals surface area contributed by atoms with E-state index in [0.717, 1.165) is 6.07 Å². The fourth-order valence-electron chi connectivity index (χ4n) is 2.56. The second-order valence-corrected chi connectivity index (χ2v) is 9.72. The van der Waals surface area contributed by atoms with Gasteiger partial charge in [-0.15, -0.1) is 0 Å². The number of aryl methyl sites for hydroxylation is 1. The first-order valence-electron chi connectivity index (χ1n) is 8.44. The zero-order valence-electron chi connectivity index (χ0n) is 15.5. The van der Waals surface area contributed by atoms with Gasteiger partial charge in [0.1, 0.15) is 0 Å². The minimum Gasteiger partial charge on any atom is -0.399 e. The molecule has 0 atom stereocenters. The number of nitrogens with one attached hydrogen (secondary N) is 2. The summed E-state index contributed by atoms with van der Waals surface area (Å²) < 4.78 is 55.9. The van der Waals surface area contributed by atoms with E-state index in [1.165, 1.54) is 36.4 Å². The number of nitrogen functional groups attached to an aromatic ring is 2. The maximum atomic E-state index is 12.8. The Bertz CT molecular complexity index is 1240. The molecule has 0 fully saturated rings. The Morgan fingerprint density at radius 1 is 0.655 bits per heavy atom. The summed E-state index contributed by atoms with van der Waals surface area (Å²) in [5.41, 5.74) is 13.2. The Morgan fingerprint density at radius 3 is 1.59 bits per heavy atom. The average molecular weight is 433 g/mol. The SMILES string of the molecule is Cc1ccc(S(=O)(=O)Nc2ccc(N)cc2)cc1S(=O)(=O)Nc1ccc(N)cc1. The molecule has 8 nitrogen and oxygen atoms in total. The first-order valence-corrected chi connectivity index (χ1v) is 11.4. The monoisotopic (exact) mass is 432 g/mol. The third-order valence-electron chi connectivity index (χ3n) is 4.09. The molecule has 3 aromatic carbocycles. The molecule has 0 saturated carbocycles. The van der Waals surface area contributed by atoms with Crippen molar-refractivity contribution in [2.75, 3.05) is 20.9 Å². The number of nitrogens with two attached hydrogens (primary N) is 2. The minimum atomic E-state index is -4.02. The number of benzene rings is 3. The van der Waals surface area contributed by atoms with Crippen LogP contribution in [0.25, 0.3) is 0 Å². The van der Waals surface area contributed by atoms with Gasteiger partial charge in [-0.05, 0) is 73.2 Å². The van der Waals surface area contributed by atoms with Gasteiger partial charge in [0.15, 0.2) is 0 Å². The van der Waals surface area contributed by atoms with Crippen molar-refractivity contribution >= 4 is 42.8 Å². The smallest absolute Gasteiger partial charge is 0.262 e. The summed E-state index contributed by atoms with van der Waals surface area (Å²) in [5.74, 6) is 0. The molecule has 0 heterocycles. The lowest BCUT2D eigenvalue weighted by atomic mass is 10.2. The van der Waals surface area contributed by atoms with E-state index < -0.39 is 20.0 Å². The summed E-state index contributed by atoms with van der Waals surface area (Å²) in [5, 5.41) is 0. The van der Waals surface area contributed by atoms with E-state index in [4.69, 9.17) is 11.5 Å². The fraction of sp³-hybridized carbons (Fsp3) is 0.0526. The predicted octanol–water partition coefficient (Wildman–Crippen LogP) is 2.76. The van der Waals surface area contributed by atoms with E-state index in [-0.39, 0.29) is 9.79 Å². The molecule has 0 unspecified atom stereocenters. The highest BCUT2D eigenvalue weighted by atomic mass is 32.2. The van der Waals surface area contributed by atoms with E-state index in [1.807, 2.05) is 0 Å². The van der Waals surface area contributed by atoms with E-state index in [0.29, 0.717) is 28.3 Å². The van der Waals surface area contributed by atoms with Crippen LogP contribution in [0.3, 0.4) is 0 Å². The second kappa shape index (κ2) is 7.64. The van der Waals surface area contributed by atoms with Crippen LogP contribution < -0.4 is 20.9 Å². The van der Waals surface area contributed by atoms with Gasteiger partial charge in [0.2, 0.25) is 0 Å². The number of rotatable bonds is 6. The molecule has 0 aliphatic rings. The van der Waals surface area contributed by atoms with Crippen LogP contribution in [-0.4, -0.2) is 16.8 Å². The molecule has 152 valence electrons. The topological polar surface area (TPSA) is 144 Å². The van der Waals surface area contributed by atoms with Crippen LogP contribution >= 0.6 is 0 Å². The average Bonchev–Trinajstić information content (AvgIpc) is 2.65. The highest BCUT2D eigenvalue weighted by Crippen LogP contribution is 2.25. The van der Waals surface area contributed by atoms with Gasteiger partial charge in [-0.25, -0.2) is 16.8 Å². The van der Waals surface area contributed by atoms with Crippen LogP contribution in [0.2, 0.25) is 0 Å². The Morgan fingerprint density at radius 2 is 1.10 bits per heavy atom. The molecule has 3 aromatic rings. The molecule has 0 aromatic heterocycles. The Hall–Kier alpha value is -3.24. The summed E-state index contributed by atoms with van der Waals surface area (Å²) in [6, 6.07) is 16.2. The Labute approximate surface area is 169 Å². The van der Waals surface area contributed by atoms with Crippen molar-refractivity contribution in [1.82, 2.24) is 0 Å². The van der Waals surface area contributed by atoms with Gasteiger partial charge in [-0.2, -0.15) is 0 Å². The van der Waals surface area contributed by atoms with Gasteiger partial charge in [-0.3, -0.25) is 9.44 Å². The number of hydrogen-bond acceptors (Lipinski definition) is 6. The number of hydrogen-bond donors (Lipinski definition) is 4. The quantitative estimate of drug-likeness (QED) is 0.441. The van der Waals surface area contributed by atoms with Crippen molar-refractivity contribution in [2.45, 2.75) is 16.7 Å². The molecule has 0 bridgehead atoms. The van der Waals surface area contributed by atoms with E-state index in [1.54, 1.807) is 31.2 Å². The summed E-state index contributed by atoms with van der Waals surface area (Å²) in [6.45, 7) is 1.58. The van der Waals surface area contributed by atoms with Gasteiger partial charge in [-0.1, -0.05) is 6.07 Å². The highest BCUT2D eigenvalue weighted by molar-refractivity contribution is 7.93. The summed E-state index contributed by atoms with van der Waals surface area (Å²) in [7, 11) is -8.02. The molecule has 0 saturated heterocycles. The van der Waals surface area contributed by atoms with E-state index >= 15 is 0 Å². The first kappa shape index (κ1) is 20.5. The van der Waals surface area contributed by atoms with Gasteiger partial charge < -0.3 is 11.5 Å². The maximum Gasteiger partial charge on any atom is 0.262 e. The van der Waals surface area contributed by atoms with Gasteiger partial charge in [0.25, 0.3) is 20.0 Å². The number of anilines is 4. The normalized spacial score (nSPS) is 11.8. The lowest BCUT2D eigenvalue weighted by Crippen LogP contribution is -2.17. The standard InChI is InChI=1S/C19H20N4O4S2/c1-13-2-11-18(28(24,25)22-16-7-3-14(20)4-8-16)12-19(13)29(26,27)23-17-9-5-15(21)6-10-17/h2-12,22-23H,20-21H2,1H3. The van der Waals surface area contributed by atoms with Crippen LogP contribution in [0.4, 0.5) is 22.7 Å². The molecular weight excluding hydrogens is 412 g/mol. The molecular formula is C19H20N4O4S2. The summed E-state index contributed by atoms with van der Waals surface area (Å²) in [6.07, 6.45) is 0. The molecule has 29 heavy (non-hydrogen) atoms. The fourth-order valence-corrected chi connectivity index (χ4v) is 5.05. The molecule has 6 N–H and O–H groups in total. The molecule has 0 spiro atoms. The lowest BCUT2D eigenvalue weighted by molar-refractivity contribution is 0.599. The third-order valence-corrected chi connectivity index (χ3v) is 6.99. The largest absolute Gasteiger partial charge is 0.399 e. The van der Waals surface area contributed by atoms with Crippen LogP contribution in [0.5, 0.6) is 0 Å². The molecule has 0 amide bonds. The third kappa shape index (κ3) is 4.79. The molecule has 10 heteroatoms. The van der Waals surface area contributed by atoms with Crippen LogP contribution in [0.15, 0.2) is 76.5 Å². The molecule has 0 aliphatic heterocycles. The van der Waals surface area contributed by atoms with Crippen molar-refractivity contribution in [3.8, 4) is 0 Å². The molecule has 0 radical (unpaired) electrons.